The van der Waals surface area contributed by atoms with Gasteiger partial charge in [-0.2, -0.15) is 0 Å². The zero-order valence-electron chi connectivity index (χ0n) is 11.3. The number of carbonyl (C=O) groups is 1. The number of benzene rings is 1. The van der Waals surface area contributed by atoms with Crippen LogP contribution in [0.25, 0.3) is 0 Å². The van der Waals surface area contributed by atoms with Crippen LogP contribution in [-0.4, -0.2) is 24.0 Å². The summed E-state index contributed by atoms with van der Waals surface area (Å²) in [5.41, 5.74) is 1.71. The Morgan fingerprint density at radius 1 is 1.44 bits per heavy atom. The van der Waals surface area contributed by atoms with Gasteiger partial charge < -0.3 is 10.1 Å². The first kappa shape index (κ1) is 13.1. The molecule has 0 aromatic heterocycles. The van der Waals surface area contributed by atoms with Crippen molar-refractivity contribution in [2.24, 2.45) is 0 Å². The summed E-state index contributed by atoms with van der Waals surface area (Å²) in [7, 11) is 0. The molecule has 1 N–H and O–H groups in total. The van der Waals surface area contributed by atoms with Gasteiger partial charge in [0, 0.05) is 23.9 Å². The van der Waals surface area contributed by atoms with Gasteiger partial charge >= 0.3 is 0 Å². The van der Waals surface area contributed by atoms with Gasteiger partial charge in [-0.05, 0) is 45.7 Å². The van der Waals surface area contributed by atoms with E-state index in [1.54, 1.807) is 6.92 Å². The highest BCUT2D eigenvalue weighted by Crippen LogP contribution is 2.26. The molecule has 1 unspecified atom stereocenters. The first-order chi connectivity index (χ1) is 8.46. The van der Waals surface area contributed by atoms with Crippen molar-refractivity contribution in [3.8, 4) is 0 Å². The summed E-state index contributed by atoms with van der Waals surface area (Å²) in [6.07, 6.45) is 1.99. The maximum Gasteiger partial charge on any atom is 0.159 e. The molecular weight excluding hydrogens is 226 g/mol. The highest BCUT2D eigenvalue weighted by Gasteiger charge is 2.28. The molecule has 1 aliphatic heterocycles. The molecule has 1 aromatic carbocycles. The minimum absolute atomic E-state index is 0.0614. The second-order valence-electron chi connectivity index (χ2n) is 5.58. The number of ether oxygens (including phenoxy) is 1. The first-order valence-electron chi connectivity index (χ1n) is 6.48. The van der Waals surface area contributed by atoms with Crippen LogP contribution in [0.2, 0.25) is 0 Å². The van der Waals surface area contributed by atoms with Crippen LogP contribution in [0.15, 0.2) is 24.3 Å². The summed E-state index contributed by atoms with van der Waals surface area (Å²) >= 11 is 0. The average Bonchev–Trinajstić information content (AvgIpc) is 2.28. The van der Waals surface area contributed by atoms with Crippen molar-refractivity contribution in [2.45, 2.75) is 45.3 Å². The van der Waals surface area contributed by atoms with E-state index in [0.717, 1.165) is 30.7 Å². The summed E-state index contributed by atoms with van der Waals surface area (Å²) in [4.78, 5) is 11.3. The van der Waals surface area contributed by atoms with Crippen molar-refractivity contribution in [1.82, 2.24) is 0 Å². The Morgan fingerprint density at radius 3 is 2.89 bits per heavy atom. The van der Waals surface area contributed by atoms with Gasteiger partial charge in [0.05, 0.1) is 5.60 Å². The Balaban J connectivity index is 2.05. The molecule has 1 saturated heterocycles. The van der Waals surface area contributed by atoms with E-state index in [2.05, 4.69) is 19.2 Å². The van der Waals surface area contributed by atoms with Crippen molar-refractivity contribution in [3.63, 3.8) is 0 Å². The van der Waals surface area contributed by atoms with E-state index in [1.807, 2.05) is 24.3 Å². The van der Waals surface area contributed by atoms with Gasteiger partial charge in [-0.15, -0.1) is 0 Å². The monoisotopic (exact) mass is 247 g/mol. The maximum atomic E-state index is 11.3. The highest BCUT2D eigenvalue weighted by atomic mass is 16.5. The Hall–Kier alpha value is -1.35. The number of hydrogen-bond acceptors (Lipinski definition) is 3. The van der Waals surface area contributed by atoms with Gasteiger partial charge in [0.15, 0.2) is 5.78 Å². The molecule has 0 radical (unpaired) electrons. The molecule has 18 heavy (non-hydrogen) atoms. The van der Waals surface area contributed by atoms with Gasteiger partial charge in [0.1, 0.15) is 0 Å². The fraction of sp³-hybridized carbons (Fsp3) is 0.533. The van der Waals surface area contributed by atoms with Crippen LogP contribution < -0.4 is 5.32 Å². The van der Waals surface area contributed by atoms with Crippen molar-refractivity contribution < 1.29 is 9.53 Å². The van der Waals surface area contributed by atoms with Crippen LogP contribution in [0.1, 0.15) is 44.0 Å². The summed E-state index contributed by atoms with van der Waals surface area (Å²) in [5, 5.41) is 3.50. The lowest BCUT2D eigenvalue weighted by Crippen LogP contribution is -2.40. The molecule has 0 saturated carbocycles. The minimum Gasteiger partial charge on any atom is -0.382 e. The summed E-state index contributed by atoms with van der Waals surface area (Å²) in [5.74, 6) is 0.103. The van der Waals surface area contributed by atoms with Gasteiger partial charge in [-0.1, -0.05) is 12.1 Å². The second-order valence-corrected chi connectivity index (χ2v) is 5.58. The summed E-state index contributed by atoms with van der Waals surface area (Å²) < 4.78 is 5.70. The second kappa shape index (κ2) is 5.11. The normalized spacial score (nSPS) is 22.5. The van der Waals surface area contributed by atoms with Crippen LogP contribution in [0.4, 0.5) is 5.69 Å². The third-order valence-electron chi connectivity index (χ3n) is 3.34. The molecule has 2 rings (SSSR count). The van der Waals surface area contributed by atoms with Crippen LogP contribution in [0, 0.1) is 0 Å². The zero-order valence-corrected chi connectivity index (χ0v) is 11.3. The Morgan fingerprint density at radius 2 is 2.22 bits per heavy atom. The molecule has 1 aliphatic rings. The van der Waals surface area contributed by atoms with Gasteiger partial charge in [0.2, 0.25) is 0 Å². The van der Waals surface area contributed by atoms with E-state index < -0.39 is 0 Å². The molecule has 98 valence electrons. The van der Waals surface area contributed by atoms with Crippen molar-refractivity contribution >= 4 is 11.5 Å². The number of anilines is 1. The molecule has 1 atom stereocenters. The lowest BCUT2D eigenvalue weighted by atomic mass is 9.93. The highest BCUT2D eigenvalue weighted by molar-refractivity contribution is 5.94. The van der Waals surface area contributed by atoms with Crippen molar-refractivity contribution in [2.75, 3.05) is 11.9 Å². The first-order valence-corrected chi connectivity index (χ1v) is 6.48. The number of hydrogen-bond donors (Lipinski definition) is 1. The van der Waals surface area contributed by atoms with E-state index in [9.17, 15) is 4.79 Å². The minimum atomic E-state index is -0.0614. The molecule has 0 aliphatic carbocycles. The summed E-state index contributed by atoms with van der Waals surface area (Å²) in [6.45, 7) is 6.62. The quantitative estimate of drug-likeness (QED) is 0.833. The Labute approximate surface area is 109 Å². The molecular formula is C15H21NO2. The van der Waals surface area contributed by atoms with E-state index in [4.69, 9.17) is 4.74 Å². The predicted octanol–water partition coefficient (Wildman–Crippen LogP) is 3.26. The molecule has 3 heteroatoms. The van der Waals surface area contributed by atoms with Crippen LogP contribution >= 0.6 is 0 Å². The topological polar surface area (TPSA) is 38.3 Å². The summed E-state index contributed by atoms with van der Waals surface area (Å²) in [6, 6.07) is 8.11. The SMILES string of the molecule is CC(=O)c1cccc(NC2CCOC(C)(C)C2)c1. The third-order valence-corrected chi connectivity index (χ3v) is 3.34. The molecule has 0 spiro atoms. The van der Waals surface area contributed by atoms with Gasteiger partial charge in [-0.25, -0.2) is 0 Å². The Kier molecular flexibility index (Phi) is 3.71. The molecule has 1 heterocycles. The lowest BCUT2D eigenvalue weighted by molar-refractivity contribution is -0.0553. The lowest BCUT2D eigenvalue weighted by Gasteiger charge is -2.36. The zero-order chi connectivity index (χ0) is 13.2. The van der Waals surface area contributed by atoms with E-state index in [1.165, 1.54) is 0 Å². The Bertz CT molecular complexity index is 440. The fourth-order valence-corrected chi connectivity index (χ4v) is 2.42. The van der Waals surface area contributed by atoms with Crippen molar-refractivity contribution in [3.05, 3.63) is 29.8 Å². The van der Waals surface area contributed by atoms with E-state index in [0.29, 0.717) is 6.04 Å². The fourth-order valence-electron chi connectivity index (χ4n) is 2.42. The number of nitrogens with one attached hydrogen (secondary N) is 1. The maximum absolute atomic E-state index is 11.3. The van der Waals surface area contributed by atoms with Crippen molar-refractivity contribution in [1.29, 1.82) is 0 Å². The van der Waals surface area contributed by atoms with Gasteiger partial charge in [0.25, 0.3) is 0 Å². The molecule has 0 amide bonds. The van der Waals surface area contributed by atoms with E-state index in [-0.39, 0.29) is 11.4 Å². The van der Waals surface area contributed by atoms with Crippen LogP contribution in [-0.2, 0) is 4.74 Å². The number of Topliss-reactive ketones (excluding diaryl/α,β-unsaturated/α-hetero) is 1. The van der Waals surface area contributed by atoms with Crippen LogP contribution in [0.3, 0.4) is 0 Å². The molecule has 3 nitrogen and oxygen atoms in total. The number of ketones is 1. The van der Waals surface area contributed by atoms with Crippen LogP contribution in [0.5, 0.6) is 0 Å². The molecule has 1 aromatic rings. The molecule has 1 fully saturated rings. The van der Waals surface area contributed by atoms with Gasteiger partial charge in [-0.3, -0.25) is 4.79 Å². The average molecular weight is 247 g/mol. The third kappa shape index (κ3) is 3.33. The number of carbonyl (C=O) groups excluding carboxylic acids is 1. The predicted molar refractivity (Wildman–Crippen MR) is 73.1 cm³/mol. The molecule has 0 bridgehead atoms. The van der Waals surface area contributed by atoms with E-state index >= 15 is 0 Å². The smallest absolute Gasteiger partial charge is 0.159 e. The largest absolute Gasteiger partial charge is 0.382 e. The number of rotatable bonds is 3. The standard InChI is InChI=1S/C15H21NO2/c1-11(17)12-5-4-6-13(9-12)16-14-7-8-18-15(2,3)10-14/h4-6,9,14,16H,7-8,10H2,1-3H3.